The van der Waals surface area contributed by atoms with Gasteiger partial charge >= 0.3 is 0 Å². The summed E-state index contributed by atoms with van der Waals surface area (Å²) in [6, 6.07) is 0. The van der Waals surface area contributed by atoms with Crippen LogP contribution in [0.1, 0.15) is 45.4 Å². The average Bonchev–Trinajstić information content (AvgIpc) is 2.30. The smallest absolute Gasteiger partial charge is 0.164 e. The van der Waals surface area contributed by atoms with Gasteiger partial charge in [-0.05, 0) is 25.7 Å². The van der Waals surface area contributed by atoms with Crippen molar-refractivity contribution in [3.63, 3.8) is 0 Å². The maximum Gasteiger partial charge on any atom is 0.164 e. The molecular formula is C10H17FO. The van der Waals surface area contributed by atoms with E-state index in [9.17, 15) is 9.18 Å². The summed E-state index contributed by atoms with van der Waals surface area (Å²) in [6.07, 6.45) is 5.23. The molecular weight excluding hydrogens is 155 g/mol. The lowest BCUT2D eigenvalue weighted by molar-refractivity contribution is -0.123. The number of rotatable bonds is 2. The molecule has 1 atom stereocenters. The van der Waals surface area contributed by atoms with Gasteiger partial charge in [-0.25, -0.2) is 4.39 Å². The summed E-state index contributed by atoms with van der Waals surface area (Å²) in [6.45, 7) is 1.36. The van der Waals surface area contributed by atoms with E-state index in [0.29, 0.717) is 0 Å². The molecule has 0 amide bonds. The fourth-order valence-electron chi connectivity index (χ4n) is 1.94. The third-order valence-electron chi connectivity index (χ3n) is 2.70. The highest BCUT2D eigenvalue weighted by Gasteiger charge is 2.25. The van der Waals surface area contributed by atoms with Gasteiger partial charge in [0.2, 0.25) is 0 Å². The average molecular weight is 172 g/mol. The molecule has 1 unspecified atom stereocenters. The molecule has 1 aliphatic carbocycles. The van der Waals surface area contributed by atoms with Gasteiger partial charge < -0.3 is 0 Å². The van der Waals surface area contributed by atoms with Crippen LogP contribution in [-0.2, 0) is 4.79 Å². The van der Waals surface area contributed by atoms with Crippen LogP contribution in [0.4, 0.5) is 4.39 Å². The molecule has 0 aliphatic heterocycles. The lowest BCUT2D eigenvalue weighted by atomic mass is 9.93. The van der Waals surface area contributed by atoms with Crippen LogP contribution in [0.5, 0.6) is 0 Å². The molecule has 2 heteroatoms. The quantitative estimate of drug-likeness (QED) is 0.585. The minimum Gasteiger partial charge on any atom is -0.297 e. The van der Waals surface area contributed by atoms with Crippen LogP contribution in [0.3, 0.4) is 0 Å². The van der Waals surface area contributed by atoms with E-state index in [1.54, 1.807) is 0 Å². The molecule has 0 aromatic carbocycles. The van der Waals surface area contributed by atoms with E-state index in [1.807, 2.05) is 0 Å². The van der Waals surface area contributed by atoms with Crippen LogP contribution in [0.15, 0.2) is 0 Å². The van der Waals surface area contributed by atoms with Crippen LogP contribution in [0.25, 0.3) is 0 Å². The predicted octanol–water partition coefficient (Wildman–Crippen LogP) is 2.88. The van der Waals surface area contributed by atoms with Crippen molar-refractivity contribution in [3.8, 4) is 0 Å². The Labute approximate surface area is 73.3 Å². The molecule has 0 spiro atoms. The summed E-state index contributed by atoms with van der Waals surface area (Å²) >= 11 is 0. The fourth-order valence-corrected chi connectivity index (χ4v) is 1.94. The Hall–Kier alpha value is -0.400. The van der Waals surface area contributed by atoms with E-state index in [1.165, 1.54) is 19.8 Å². The van der Waals surface area contributed by atoms with Gasteiger partial charge in [-0.15, -0.1) is 0 Å². The van der Waals surface area contributed by atoms with Gasteiger partial charge in [0.25, 0.3) is 0 Å². The molecule has 0 radical (unpaired) electrons. The Kier molecular flexibility index (Phi) is 3.70. The van der Waals surface area contributed by atoms with Crippen molar-refractivity contribution in [2.24, 2.45) is 5.92 Å². The second-order valence-electron chi connectivity index (χ2n) is 3.76. The standard InChI is InChI=1S/C10H17FO/c1-8(12)10(11)9-6-4-2-3-5-7-9/h9-10H,2-7H2,1H3. The van der Waals surface area contributed by atoms with E-state index < -0.39 is 6.17 Å². The molecule has 0 heterocycles. The highest BCUT2D eigenvalue weighted by Crippen LogP contribution is 2.27. The lowest BCUT2D eigenvalue weighted by Crippen LogP contribution is -2.22. The van der Waals surface area contributed by atoms with Crippen LogP contribution < -0.4 is 0 Å². The zero-order valence-electron chi connectivity index (χ0n) is 7.68. The highest BCUT2D eigenvalue weighted by atomic mass is 19.1. The molecule has 1 aliphatic rings. The monoisotopic (exact) mass is 172 g/mol. The van der Waals surface area contributed by atoms with Gasteiger partial charge in [0.1, 0.15) is 0 Å². The summed E-state index contributed by atoms with van der Waals surface area (Å²) in [5, 5.41) is 0. The van der Waals surface area contributed by atoms with Crippen molar-refractivity contribution >= 4 is 5.78 Å². The first kappa shape index (κ1) is 9.69. The van der Waals surface area contributed by atoms with Gasteiger partial charge in [-0.1, -0.05) is 25.7 Å². The van der Waals surface area contributed by atoms with Crippen molar-refractivity contribution in [3.05, 3.63) is 0 Å². The topological polar surface area (TPSA) is 17.1 Å². The van der Waals surface area contributed by atoms with Crippen LogP contribution in [0.2, 0.25) is 0 Å². The molecule has 1 rings (SSSR count). The second kappa shape index (κ2) is 4.58. The SMILES string of the molecule is CC(=O)C(F)C1CCCCCC1. The first-order chi connectivity index (χ1) is 5.72. The van der Waals surface area contributed by atoms with E-state index in [0.717, 1.165) is 25.7 Å². The Morgan fingerprint density at radius 2 is 1.75 bits per heavy atom. The number of Topliss-reactive ketones (excluding diaryl/α,β-unsaturated/α-hetero) is 1. The first-order valence-electron chi connectivity index (χ1n) is 4.86. The summed E-state index contributed by atoms with van der Waals surface area (Å²) in [4.78, 5) is 10.8. The van der Waals surface area contributed by atoms with Crippen molar-refractivity contribution in [2.75, 3.05) is 0 Å². The van der Waals surface area contributed by atoms with Gasteiger partial charge in [0.05, 0.1) is 0 Å². The number of carbonyl (C=O) groups excluding carboxylic acids is 1. The minimum atomic E-state index is -1.19. The van der Waals surface area contributed by atoms with Crippen molar-refractivity contribution < 1.29 is 9.18 Å². The van der Waals surface area contributed by atoms with Crippen molar-refractivity contribution in [1.29, 1.82) is 0 Å². The number of hydrogen-bond donors (Lipinski definition) is 0. The van der Waals surface area contributed by atoms with Crippen LogP contribution >= 0.6 is 0 Å². The van der Waals surface area contributed by atoms with E-state index in [4.69, 9.17) is 0 Å². The molecule has 0 bridgehead atoms. The molecule has 0 aromatic rings. The number of alkyl halides is 1. The predicted molar refractivity (Wildman–Crippen MR) is 46.8 cm³/mol. The summed E-state index contributed by atoms with van der Waals surface area (Å²) in [7, 11) is 0. The Morgan fingerprint density at radius 1 is 1.25 bits per heavy atom. The largest absolute Gasteiger partial charge is 0.297 e. The van der Waals surface area contributed by atoms with Crippen molar-refractivity contribution in [1.82, 2.24) is 0 Å². The highest BCUT2D eigenvalue weighted by molar-refractivity contribution is 5.80. The Bertz CT molecular complexity index is 148. The normalized spacial score (nSPS) is 23.2. The van der Waals surface area contributed by atoms with E-state index in [-0.39, 0.29) is 11.7 Å². The Morgan fingerprint density at radius 3 is 2.17 bits per heavy atom. The zero-order chi connectivity index (χ0) is 8.97. The molecule has 1 saturated carbocycles. The van der Waals surface area contributed by atoms with Gasteiger partial charge in [0.15, 0.2) is 12.0 Å². The van der Waals surface area contributed by atoms with Gasteiger partial charge in [-0.3, -0.25) is 4.79 Å². The second-order valence-corrected chi connectivity index (χ2v) is 3.76. The molecule has 0 aromatic heterocycles. The van der Waals surface area contributed by atoms with Gasteiger partial charge in [-0.2, -0.15) is 0 Å². The summed E-state index contributed by atoms with van der Waals surface area (Å²) in [5.74, 6) is -0.271. The van der Waals surface area contributed by atoms with Crippen LogP contribution in [0, 0.1) is 5.92 Å². The third kappa shape index (κ3) is 2.58. The summed E-state index contributed by atoms with van der Waals surface area (Å²) < 4.78 is 13.2. The third-order valence-corrected chi connectivity index (χ3v) is 2.70. The number of ketones is 1. The van der Waals surface area contributed by atoms with Crippen LogP contribution in [-0.4, -0.2) is 12.0 Å². The zero-order valence-corrected chi connectivity index (χ0v) is 7.68. The maximum atomic E-state index is 13.2. The number of halogens is 1. The van der Waals surface area contributed by atoms with E-state index >= 15 is 0 Å². The molecule has 0 saturated heterocycles. The molecule has 70 valence electrons. The van der Waals surface area contributed by atoms with Crippen molar-refractivity contribution in [2.45, 2.75) is 51.6 Å². The first-order valence-corrected chi connectivity index (χ1v) is 4.86. The lowest BCUT2D eigenvalue weighted by Gasteiger charge is -2.15. The van der Waals surface area contributed by atoms with Gasteiger partial charge in [0, 0.05) is 0 Å². The molecule has 1 nitrogen and oxygen atoms in total. The Balaban J connectivity index is 2.42. The minimum absolute atomic E-state index is 0.0185. The van der Waals surface area contributed by atoms with E-state index in [2.05, 4.69) is 0 Å². The molecule has 12 heavy (non-hydrogen) atoms. The number of carbonyl (C=O) groups is 1. The molecule has 1 fully saturated rings. The summed E-state index contributed by atoms with van der Waals surface area (Å²) in [5.41, 5.74) is 0. The maximum absolute atomic E-state index is 13.2. The fraction of sp³-hybridized carbons (Fsp3) is 0.900. The molecule has 0 N–H and O–H groups in total. The number of hydrogen-bond acceptors (Lipinski definition) is 1.